The summed E-state index contributed by atoms with van der Waals surface area (Å²) in [5.74, 6) is -0.345. The normalized spacial score (nSPS) is 17.6. The van der Waals surface area contributed by atoms with Crippen LogP contribution in [0.15, 0.2) is 10.5 Å². The number of nitrogens with one attached hydrogen (secondary N) is 1. The van der Waals surface area contributed by atoms with Crippen LogP contribution in [0.25, 0.3) is 0 Å². The second-order valence-electron chi connectivity index (χ2n) is 5.13. The number of nitrogens with two attached hydrogens (primary N) is 1. The molecule has 1 aliphatic carbocycles. The standard InChI is InChI=1S/C12H14N2O3/c1-12(2)4-8(15)6-3-7(10(13)16)11(14)17-9(6)5-12/h3,14H,4-5H2,1-2H3,(H2,13,16). The first-order valence-corrected chi connectivity index (χ1v) is 5.35. The van der Waals surface area contributed by atoms with E-state index in [1.165, 1.54) is 6.07 Å². The molecule has 5 heteroatoms. The number of carbonyl (C=O) groups is 2. The predicted octanol–water partition coefficient (Wildman–Crippen LogP) is 1.01. The van der Waals surface area contributed by atoms with E-state index in [-0.39, 0.29) is 22.3 Å². The molecule has 1 heterocycles. The van der Waals surface area contributed by atoms with E-state index in [1.807, 2.05) is 13.8 Å². The van der Waals surface area contributed by atoms with Gasteiger partial charge in [0.15, 0.2) is 5.78 Å². The largest absolute Gasteiger partial charge is 0.442 e. The van der Waals surface area contributed by atoms with E-state index in [0.29, 0.717) is 24.2 Å². The van der Waals surface area contributed by atoms with Gasteiger partial charge >= 0.3 is 0 Å². The number of primary amides is 1. The highest BCUT2D eigenvalue weighted by atomic mass is 16.3. The molecule has 0 atom stereocenters. The number of carbonyl (C=O) groups excluding carboxylic acids is 2. The maximum atomic E-state index is 11.9. The molecule has 1 amide bonds. The molecule has 0 unspecified atom stereocenters. The Balaban J connectivity index is 2.62. The van der Waals surface area contributed by atoms with E-state index in [0.717, 1.165) is 0 Å². The molecule has 0 saturated carbocycles. The van der Waals surface area contributed by atoms with Crippen LogP contribution < -0.4 is 11.3 Å². The molecule has 0 saturated heterocycles. The molecule has 0 bridgehead atoms. The summed E-state index contributed by atoms with van der Waals surface area (Å²) in [6.07, 6.45) is 0.990. The summed E-state index contributed by atoms with van der Waals surface area (Å²) in [6.45, 7) is 3.93. The molecule has 0 fully saturated rings. The van der Waals surface area contributed by atoms with E-state index >= 15 is 0 Å². The Bertz CT molecular complexity index is 570. The highest BCUT2D eigenvalue weighted by Crippen LogP contribution is 2.34. The fourth-order valence-electron chi connectivity index (χ4n) is 2.10. The zero-order valence-electron chi connectivity index (χ0n) is 9.79. The van der Waals surface area contributed by atoms with E-state index in [1.54, 1.807) is 0 Å². The van der Waals surface area contributed by atoms with Crippen molar-refractivity contribution in [2.24, 2.45) is 11.1 Å². The number of rotatable bonds is 1. The fourth-order valence-corrected chi connectivity index (χ4v) is 2.10. The average molecular weight is 234 g/mol. The summed E-state index contributed by atoms with van der Waals surface area (Å²) in [7, 11) is 0. The monoisotopic (exact) mass is 234 g/mol. The first kappa shape index (κ1) is 11.6. The lowest BCUT2D eigenvalue weighted by molar-refractivity contribution is 0.0896. The zero-order valence-corrected chi connectivity index (χ0v) is 9.79. The highest BCUT2D eigenvalue weighted by molar-refractivity contribution is 6.01. The van der Waals surface area contributed by atoms with Gasteiger partial charge in [0.1, 0.15) is 11.3 Å². The van der Waals surface area contributed by atoms with Crippen molar-refractivity contribution < 1.29 is 14.0 Å². The van der Waals surface area contributed by atoms with Crippen molar-refractivity contribution in [3.05, 3.63) is 28.5 Å². The number of hydrogen-bond donors (Lipinski definition) is 2. The Labute approximate surface area is 98.1 Å². The second-order valence-corrected chi connectivity index (χ2v) is 5.13. The Morgan fingerprint density at radius 3 is 2.71 bits per heavy atom. The highest BCUT2D eigenvalue weighted by Gasteiger charge is 2.33. The Hall–Kier alpha value is -1.91. The summed E-state index contributed by atoms with van der Waals surface area (Å²) in [5, 5.41) is 7.56. The first-order valence-electron chi connectivity index (χ1n) is 5.35. The van der Waals surface area contributed by atoms with Crippen LogP contribution in [0, 0.1) is 10.8 Å². The van der Waals surface area contributed by atoms with Crippen LogP contribution >= 0.6 is 0 Å². The van der Waals surface area contributed by atoms with Crippen LogP contribution in [0.2, 0.25) is 0 Å². The number of Topliss-reactive ketones (excluding diaryl/α,β-unsaturated/α-hetero) is 1. The van der Waals surface area contributed by atoms with Crippen molar-refractivity contribution in [3.63, 3.8) is 0 Å². The van der Waals surface area contributed by atoms with Gasteiger partial charge in [0.05, 0.1) is 5.56 Å². The van der Waals surface area contributed by atoms with Gasteiger partial charge in [0, 0.05) is 12.8 Å². The van der Waals surface area contributed by atoms with Gasteiger partial charge in [0.2, 0.25) is 5.55 Å². The molecule has 2 rings (SSSR count). The van der Waals surface area contributed by atoms with Crippen LogP contribution in [0.3, 0.4) is 0 Å². The van der Waals surface area contributed by atoms with Gasteiger partial charge in [-0.3, -0.25) is 15.0 Å². The van der Waals surface area contributed by atoms with E-state index in [9.17, 15) is 9.59 Å². The van der Waals surface area contributed by atoms with Crippen LogP contribution in [-0.2, 0) is 6.42 Å². The zero-order chi connectivity index (χ0) is 12.8. The Kier molecular flexibility index (Phi) is 2.41. The third-order valence-electron chi connectivity index (χ3n) is 2.90. The van der Waals surface area contributed by atoms with Gasteiger partial charge in [-0.15, -0.1) is 0 Å². The molecule has 1 aliphatic rings. The second kappa shape index (κ2) is 3.55. The first-order chi connectivity index (χ1) is 7.80. The van der Waals surface area contributed by atoms with Crippen molar-refractivity contribution in [1.29, 1.82) is 5.41 Å². The van der Waals surface area contributed by atoms with Crippen molar-refractivity contribution in [2.75, 3.05) is 0 Å². The number of amides is 1. The summed E-state index contributed by atoms with van der Waals surface area (Å²) in [4.78, 5) is 23.0. The number of fused-ring (bicyclic) bond motifs is 1. The third kappa shape index (κ3) is 2.00. The van der Waals surface area contributed by atoms with Crippen molar-refractivity contribution in [1.82, 2.24) is 0 Å². The predicted molar refractivity (Wildman–Crippen MR) is 59.5 cm³/mol. The minimum absolute atomic E-state index is 0.0446. The topological polar surface area (TPSA) is 97.2 Å². The van der Waals surface area contributed by atoms with Crippen molar-refractivity contribution in [3.8, 4) is 0 Å². The lowest BCUT2D eigenvalue weighted by atomic mass is 9.76. The van der Waals surface area contributed by atoms with Crippen LogP contribution in [0.4, 0.5) is 0 Å². The molecular weight excluding hydrogens is 220 g/mol. The molecule has 1 aromatic heterocycles. The molecule has 90 valence electrons. The van der Waals surface area contributed by atoms with E-state index in [4.69, 9.17) is 15.6 Å². The van der Waals surface area contributed by atoms with Gasteiger partial charge < -0.3 is 10.2 Å². The Morgan fingerprint density at radius 2 is 2.12 bits per heavy atom. The quantitative estimate of drug-likeness (QED) is 0.758. The van der Waals surface area contributed by atoms with Gasteiger partial charge in [-0.05, 0) is 11.5 Å². The maximum absolute atomic E-state index is 11.9. The minimum atomic E-state index is -0.751. The lowest BCUT2D eigenvalue weighted by Gasteiger charge is -2.28. The molecule has 3 N–H and O–H groups in total. The lowest BCUT2D eigenvalue weighted by Crippen LogP contribution is -2.30. The SMILES string of the molecule is CC1(C)CC(=O)c2cc(C(N)=O)c(=N)oc2C1. The molecule has 0 aromatic carbocycles. The number of hydrogen-bond acceptors (Lipinski definition) is 4. The molecule has 1 aromatic rings. The smallest absolute Gasteiger partial charge is 0.254 e. The molecule has 0 radical (unpaired) electrons. The molecule has 0 aliphatic heterocycles. The van der Waals surface area contributed by atoms with Crippen molar-refractivity contribution in [2.45, 2.75) is 26.7 Å². The molecule has 5 nitrogen and oxygen atoms in total. The summed E-state index contributed by atoms with van der Waals surface area (Å²) >= 11 is 0. The van der Waals surface area contributed by atoms with Gasteiger partial charge in [-0.25, -0.2) is 0 Å². The van der Waals surface area contributed by atoms with Crippen LogP contribution in [0.5, 0.6) is 0 Å². The summed E-state index contributed by atoms with van der Waals surface area (Å²) in [5.41, 5.74) is 5.01. The van der Waals surface area contributed by atoms with Gasteiger partial charge in [-0.2, -0.15) is 0 Å². The summed E-state index contributed by atoms with van der Waals surface area (Å²) < 4.78 is 5.24. The average Bonchev–Trinajstić information content (AvgIpc) is 2.13. The van der Waals surface area contributed by atoms with Crippen LogP contribution in [-0.4, -0.2) is 11.7 Å². The van der Waals surface area contributed by atoms with Crippen molar-refractivity contribution >= 4 is 11.7 Å². The fraction of sp³-hybridized carbons (Fsp3) is 0.417. The minimum Gasteiger partial charge on any atom is -0.442 e. The number of ketones is 1. The van der Waals surface area contributed by atoms with Crippen LogP contribution in [0.1, 0.15) is 46.7 Å². The third-order valence-corrected chi connectivity index (χ3v) is 2.90. The Morgan fingerprint density at radius 1 is 1.47 bits per heavy atom. The molecular formula is C12H14N2O3. The van der Waals surface area contributed by atoms with E-state index < -0.39 is 5.91 Å². The molecule has 17 heavy (non-hydrogen) atoms. The summed E-state index contributed by atoms with van der Waals surface area (Å²) in [6, 6.07) is 1.38. The van der Waals surface area contributed by atoms with Gasteiger partial charge in [-0.1, -0.05) is 13.8 Å². The molecule has 0 spiro atoms. The van der Waals surface area contributed by atoms with Gasteiger partial charge in [0.25, 0.3) is 5.91 Å². The maximum Gasteiger partial charge on any atom is 0.254 e. The van der Waals surface area contributed by atoms with E-state index in [2.05, 4.69) is 0 Å².